The normalized spacial score (nSPS) is 11.5. The predicted octanol–water partition coefficient (Wildman–Crippen LogP) is 3.15. The Kier molecular flexibility index (Phi) is 3.65. The number of aryl methyl sites for hydroxylation is 1. The zero-order chi connectivity index (χ0) is 16.6. The Labute approximate surface area is 131 Å². The molecule has 0 amide bonds. The van der Waals surface area contributed by atoms with Crippen molar-refractivity contribution < 1.29 is 9.13 Å². The average Bonchev–Trinajstić information content (AvgIpc) is 2.84. The third-order valence-corrected chi connectivity index (χ3v) is 3.46. The SMILES string of the molecule is CN=Nc1ccc(-c2c(F)cn3nc(N)nc(OC)c23)cc1C. The van der Waals surface area contributed by atoms with Crippen LogP contribution in [0.25, 0.3) is 16.6 Å². The van der Waals surface area contributed by atoms with Gasteiger partial charge in [-0.1, -0.05) is 6.07 Å². The lowest BCUT2D eigenvalue weighted by molar-refractivity contribution is 0.400. The number of nitrogens with two attached hydrogens (primary N) is 1. The van der Waals surface area contributed by atoms with E-state index in [1.54, 1.807) is 19.2 Å². The second-order valence-electron chi connectivity index (χ2n) is 4.93. The second-order valence-corrected chi connectivity index (χ2v) is 4.93. The molecule has 0 aliphatic heterocycles. The molecular formula is C15H15FN6O. The molecule has 3 rings (SSSR count). The smallest absolute Gasteiger partial charge is 0.243 e. The van der Waals surface area contributed by atoms with Gasteiger partial charge >= 0.3 is 0 Å². The molecule has 23 heavy (non-hydrogen) atoms. The first-order valence-corrected chi connectivity index (χ1v) is 6.84. The first-order chi connectivity index (χ1) is 11.0. The highest BCUT2D eigenvalue weighted by molar-refractivity contribution is 5.85. The van der Waals surface area contributed by atoms with Gasteiger partial charge in [-0.25, -0.2) is 8.91 Å². The Morgan fingerprint density at radius 3 is 2.78 bits per heavy atom. The van der Waals surface area contributed by atoms with E-state index in [9.17, 15) is 4.39 Å². The highest BCUT2D eigenvalue weighted by atomic mass is 19.1. The standard InChI is InChI=1S/C15H15FN6O/c1-8-6-9(4-5-11(8)20-18-2)12-10(16)7-22-13(12)14(23-3)19-15(17)21-22/h4-7H,1-3H3,(H2,17,21). The Hall–Kier alpha value is -3.03. The number of aromatic nitrogens is 3. The topological polar surface area (TPSA) is 90.2 Å². The van der Waals surface area contributed by atoms with Crippen LogP contribution in [0.4, 0.5) is 16.0 Å². The quantitative estimate of drug-likeness (QED) is 0.752. The fourth-order valence-electron chi connectivity index (χ4n) is 2.49. The van der Waals surface area contributed by atoms with E-state index in [0.29, 0.717) is 16.6 Å². The van der Waals surface area contributed by atoms with Crippen LogP contribution < -0.4 is 10.5 Å². The van der Waals surface area contributed by atoms with Gasteiger partial charge in [-0.15, -0.1) is 5.10 Å². The van der Waals surface area contributed by atoms with Crippen molar-refractivity contribution in [2.75, 3.05) is 19.9 Å². The third-order valence-electron chi connectivity index (χ3n) is 3.46. The molecule has 3 aromatic rings. The maximum Gasteiger partial charge on any atom is 0.243 e. The van der Waals surface area contributed by atoms with Crippen LogP contribution >= 0.6 is 0 Å². The summed E-state index contributed by atoms with van der Waals surface area (Å²) in [7, 11) is 3.05. The van der Waals surface area contributed by atoms with Crippen LogP contribution in [0.1, 0.15) is 5.56 Å². The second kappa shape index (κ2) is 5.64. The van der Waals surface area contributed by atoms with Gasteiger partial charge in [-0.05, 0) is 30.2 Å². The zero-order valence-corrected chi connectivity index (χ0v) is 12.9. The molecule has 0 saturated heterocycles. The lowest BCUT2D eigenvalue weighted by Gasteiger charge is -2.07. The summed E-state index contributed by atoms with van der Waals surface area (Å²) >= 11 is 0. The number of nitrogens with zero attached hydrogens (tertiary/aromatic N) is 5. The minimum absolute atomic E-state index is 0.00536. The Balaban J connectivity index is 2.28. The molecule has 0 aliphatic rings. The maximum atomic E-state index is 14.5. The van der Waals surface area contributed by atoms with Crippen LogP contribution in [0.5, 0.6) is 5.88 Å². The van der Waals surface area contributed by atoms with Crippen molar-refractivity contribution in [3.63, 3.8) is 0 Å². The van der Waals surface area contributed by atoms with Crippen molar-refractivity contribution in [2.45, 2.75) is 6.92 Å². The van der Waals surface area contributed by atoms with Crippen LogP contribution in [0.15, 0.2) is 34.6 Å². The van der Waals surface area contributed by atoms with Crippen molar-refractivity contribution in [2.24, 2.45) is 10.2 Å². The molecule has 0 aliphatic carbocycles. The molecule has 118 valence electrons. The molecular weight excluding hydrogens is 299 g/mol. The van der Waals surface area contributed by atoms with Gasteiger partial charge < -0.3 is 10.5 Å². The van der Waals surface area contributed by atoms with Crippen molar-refractivity contribution in [3.8, 4) is 17.0 Å². The van der Waals surface area contributed by atoms with Gasteiger partial charge in [0.25, 0.3) is 0 Å². The Bertz CT molecular complexity index is 918. The van der Waals surface area contributed by atoms with E-state index in [0.717, 1.165) is 11.3 Å². The summed E-state index contributed by atoms with van der Waals surface area (Å²) in [5, 5.41) is 11.8. The Morgan fingerprint density at radius 1 is 1.35 bits per heavy atom. The third kappa shape index (κ3) is 2.48. The molecule has 2 aromatic heterocycles. The van der Waals surface area contributed by atoms with Crippen LogP contribution in [-0.4, -0.2) is 28.8 Å². The van der Waals surface area contributed by atoms with Crippen molar-refractivity contribution in [3.05, 3.63) is 35.8 Å². The molecule has 0 unspecified atom stereocenters. The van der Waals surface area contributed by atoms with Gasteiger partial charge in [0, 0.05) is 7.05 Å². The van der Waals surface area contributed by atoms with Gasteiger partial charge in [0.2, 0.25) is 11.8 Å². The van der Waals surface area contributed by atoms with Gasteiger partial charge in [0.15, 0.2) is 5.82 Å². The number of benzene rings is 1. The number of rotatable bonds is 3. The molecule has 0 atom stereocenters. The van der Waals surface area contributed by atoms with Crippen molar-refractivity contribution in [1.29, 1.82) is 0 Å². The Morgan fingerprint density at radius 2 is 2.13 bits per heavy atom. The zero-order valence-electron chi connectivity index (χ0n) is 12.9. The van der Waals surface area contributed by atoms with Crippen LogP contribution in [-0.2, 0) is 0 Å². The average molecular weight is 314 g/mol. The summed E-state index contributed by atoms with van der Waals surface area (Å²) in [5.74, 6) is -0.218. The molecule has 1 aromatic carbocycles. The largest absolute Gasteiger partial charge is 0.479 e. The number of halogens is 1. The first kappa shape index (κ1) is 14.9. The number of azo groups is 1. The molecule has 0 spiro atoms. The fourth-order valence-corrected chi connectivity index (χ4v) is 2.49. The van der Waals surface area contributed by atoms with E-state index >= 15 is 0 Å². The predicted molar refractivity (Wildman–Crippen MR) is 84.5 cm³/mol. The minimum Gasteiger partial charge on any atom is -0.479 e. The summed E-state index contributed by atoms with van der Waals surface area (Å²) in [6.07, 6.45) is 1.25. The summed E-state index contributed by atoms with van der Waals surface area (Å²) in [6, 6.07) is 5.38. The molecule has 0 fully saturated rings. The van der Waals surface area contributed by atoms with Gasteiger partial charge in [0.1, 0.15) is 5.52 Å². The number of ether oxygens (including phenoxy) is 1. The number of nitrogen functional groups attached to an aromatic ring is 1. The monoisotopic (exact) mass is 314 g/mol. The molecule has 0 bridgehead atoms. The molecule has 7 nitrogen and oxygen atoms in total. The van der Waals surface area contributed by atoms with Crippen LogP contribution in [0, 0.1) is 12.7 Å². The highest BCUT2D eigenvalue weighted by Crippen LogP contribution is 2.35. The van der Waals surface area contributed by atoms with Gasteiger partial charge in [0.05, 0.1) is 24.6 Å². The molecule has 2 heterocycles. The van der Waals surface area contributed by atoms with E-state index < -0.39 is 5.82 Å². The van der Waals surface area contributed by atoms with Gasteiger partial charge in [-0.2, -0.15) is 15.2 Å². The summed E-state index contributed by atoms with van der Waals surface area (Å²) in [5.41, 5.74) is 8.66. The molecule has 0 radical (unpaired) electrons. The lowest BCUT2D eigenvalue weighted by atomic mass is 10.0. The number of hydrogen-bond acceptors (Lipinski definition) is 6. The van der Waals surface area contributed by atoms with E-state index in [4.69, 9.17) is 10.5 Å². The van der Waals surface area contributed by atoms with Crippen molar-refractivity contribution >= 4 is 17.2 Å². The van der Waals surface area contributed by atoms with Gasteiger partial charge in [-0.3, -0.25) is 0 Å². The van der Waals surface area contributed by atoms with Crippen LogP contribution in [0.3, 0.4) is 0 Å². The molecule has 0 saturated carbocycles. The maximum absolute atomic E-state index is 14.5. The summed E-state index contributed by atoms with van der Waals surface area (Å²) < 4.78 is 21.1. The van der Waals surface area contributed by atoms with E-state index in [-0.39, 0.29) is 11.8 Å². The number of fused-ring (bicyclic) bond motifs is 1. The molecule has 2 N–H and O–H groups in total. The fraction of sp³-hybridized carbons (Fsp3) is 0.200. The number of methoxy groups -OCH3 is 1. The summed E-state index contributed by atoms with van der Waals surface area (Å²) in [4.78, 5) is 4.01. The van der Waals surface area contributed by atoms with E-state index in [2.05, 4.69) is 20.3 Å². The van der Waals surface area contributed by atoms with Crippen LogP contribution in [0.2, 0.25) is 0 Å². The van der Waals surface area contributed by atoms with E-state index in [1.807, 2.05) is 13.0 Å². The highest BCUT2D eigenvalue weighted by Gasteiger charge is 2.19. The van der Waals surface area contributed by atoms with E-state index in [1.165, 1.54) is 17.8 Å². The van der Waals surface area contributed by atoms with Crippen molar-refractivity contribution in [1.82, 2.24) is 14.6 Å². The number of anilines is 1. The lowest BCUT2D eigenvalue weighted by Crippen LogP contribution is -2.03. The number of hydrogen-bond donors (Lipinski definition) is 1. The minimum atomic E-state index is -0.438. The summed E-state index contributed by atoms with van der Waals surface area (Å²) in [6.45, 7) is 1.88. The molecule has 8 heteroatoms. The first-order valence-electron chi connectivity index (χ1n) is 6.84.